The fraction of sp³-hybridized carbons (Fsp3) is 0.292. The highest BCUT2D eigenvalue weighted by atomic mass is 35.5. The summed E-state index contributed by atoms with van der Waals surface area (Å²) in [6.07, 6.45) is 4.99. The molecule has 33 heavy (non-hydrogen) atoms. The molecule has 2 heterocycles. The van der Waals surface area contributed by atoms with Crippen LogP contribution in [0.1, 0.15) is 29.3 Å². The van der Waals surface area contributed by atoms with E-state index in [2.05, 4.69) is 15.0 Å². The number of benzene rings is 2. The molecule has 0 fully saturated rings. The highest BCUT2D eigenvalue weighted by molar-refractivity contribution is 6.31. The van der Waals surface area contributed by atoms with Crippen LogP contribution in [0.3, 0.4) is 0 Å². The van der Waals surface area contributed by atoms with Crippen LogP contribution in [0.4, 0.5) is 0 Å². The summed E-state index contributed by atoms with van der Waals surface area (Å²) in [5, 5.41) is 1.79. The molecule has 3 N–H and O–H groups in total. The number of nitrogens with zero attached hydrogens (tertiary/aromatic N) is 3. The number of carbonyl (C=O) groups is 1. The minimum absolute atomic E-state index is 0.260. The van der Waals surface area contributed by atoms with Gasteiger partial charge in [-0.2, -0.15) is 0 Å². The number of halogens is 1. The zero-order valence-corrected chi connectivity index (χ0v) is 19.1. The molecule has 0 saturated carbocycles. The van der Waals surface area contributed by atoms with E-state index < -0.39 is 0 Å². The number of methoxy groups -OCH3 is 1. The van der Waals surface area contributed by atoms with Gasteiger partial charge in [-0.25, -0.2) is 4.99 Å². The lowest BCUT2D eigenvalue weighted by Gasteiger charge is -2.33. The van der Waals surface area contributed by atoms with Crippen molar-refractivity contribution in [2.45, 2.75) is 18.9 Å². The van der Waals surface area contributed by atoms with E-state index in [9.17, 15) is 4.79 Å². The minimum atomic E-state index is -0.260. The molecule has 0 radical (unpaired) electrons. The number of hydrogen-bond acceptors (Lipinski definition) is 4. The molecule has 1 unspecified atom stereocenters. The Morgan fingerprint density at radius 2 is 2.15 bits per heavy atom. The fourth-order valence-corrected chi connectivity index (χ4v) is 4.38. The lowest BCUT2D eigenvalue weighted by atomic mass is 9.92. The Balaban J connectivity index is 1.63. The van der Waals surface area contributed by atoms with Crippen molar-refractivity contribution in [1.82, 2.24) is 9.88 Å². The van der Waals surface area contributed by atoms with Gasteiger partial charge in [0.25, 0.3) is 0 Å². The summed E-state index contributed by atoms with van der Waals surface area (Å²) < 4.78 is 11.5. The van der Waals surface area contributed by atoms with E-state index in [-0.39, 0.29) is 6.04 Å². The maximum Gasteiger partial charge on any atom is 0.210 e. The van der Waals surface area contributed by atoms with Crippen molar-refractivity contribution in [2.24, 2.45) is 15.7 Å². The van der Waals surface area contributed by atoms with Gasteiger partial charge in [0, 0.05) is 41.1 Å². The number of carbonyl (C=O) groups excluding carboxylic acids is 1. The number of H-pyrrole nitrogens is 1. The number of nitrogens with two attached hydrogens (primary N) is 1. The number of aliphatic imine (C=N–C) groups is 2. The van der Waals surface area contributed by atoms with Crippen molar-refractivity contribution in [3.8, 4) is 11.5 Å². The molecule has 9 heteroatoms. The number of rotatable bonds is 9. The molecular formula is C24H26ClN5O3. The van der Waals surface area contributed by atoms with Crippen LogP contribution in [0, 0.1) is 0 Å². The minimum Gasteiger partial charge on any atom is -0.493 e. The van der Waals surface area contributed by atoms with Crippen LogP contribution in [-0.4, -0.2) is 55.8 Å². The van der Waals surface area contributed by atoms with Crippen LogP contribution in [0.25, 0.3) is 10.9 Å². The van der Waals surface area contributed by atoms with Crippen molar-refractivity contribution in [1.29, 1.82) is 0 Å². The molecule has 0 bridgehead atoms. The van der Waals surface area contributed by atoms with Gasteiger partial charge in [-0.3, -0.25) is 9.79 Å². The second-order valence-electron chi connectivity index (χ2n) is 7.64. The quantitative estimate of drug-likeness (QED) is 0.216. The third-order valence-corrected chi connectivity index (χ3v) is 5.92. The van der Waals surface area contributed by atoms with Gasteiger partial charge in [0.15, 0.2) is 11.5 Å². The molecule has 0 aliphatic carbocycles. The number of amides is 1. The first-order valence-corrected chi connectivity index (χ1v) is 11.1. The van der Waals surface area contributed by atoms with Crippen LogP contribution >= 0.6 is 11.6 Å². The molecule has 0 spiro atoms. The number of fused-ring (bicyclic) bond motifs is 3. The maximum atomic E-state index is 12.0. The highest BCUT2D eigenvalue weighted by Gasteiger charge is 2.31. The second kappa shape index (κ2) is 10.4. The number of aromatic nitrogens is 1. The number of ether oxygens (including phenoxy) is 2. The number of aromatic amines is 1. The molecule has 3 aromatic rings. The average molecular weight is 468 g/mol. The van der Waals surface area contributed by atoms with Gasteiger partial charge in [0.1, 0.15) is 6.34 Å². The highest BCUT2D eigenvalue weighted by Crippen LogP contribution is 2.40. The zero-order chi connectivity index (χ0) is 23.2. The van der Waals surface area contributed by atoms with Gasteiger partial charge in [0.05, 0.1) is 26.1 Å². The Hall–Kier alpha value is -3.52. The van der Waals surface area contributed by atoms with Gasteiger partial charge < -0.3 is 25.1 Å². The fourth-order valence-electron chi connectivity index (χ4n) is 4.21. The van der Waals surface area contributed by atoms with Gasteiger partial charge in [-0.05, 0) is 47.9 Å². The summed E-state index contributed by atoms with van der Waals surface area (Å²) in [5.74, 6) is 1.25. The lowest BCUT2D eigenvalue weighted by Crippen LogP contribution is -2.35. The predicted octanol–water partition coefficient (Wildman–Crippen LogP) is 3.72. The first kappa shape index (κ1) is 22.7. The lowest BCUT2D eigenvalue weighted by molar-refractivity contribution is -0.120. The van der Waals surface area contributed by atoms with Crippen LogP contribution in [-0.2, 0) is 11.2 Å². The molecule has 172 valence electrons. The Bertz CT molecular complexity index is 1190. The van der Waals surface area contributed by atoms with E-state index in [1.165, 1.54) is 18.2 Å². The SMILES string of the molecule is COc1ccc(C2c3[nH]c4ccc(Cl)cc4c3CCN2C=O)cc1OCCCN=CN=CN. The van der Waals surface area contributed by atoms with Gasteiger partial charge >= 0.3 is 0 Å². The van der Waals surface area contributed by atoms with Crippen LogP contribution in [0.15, 0.2) is 46.4 Å². The second-order valence-corrected chi connectivity index (χ2v) is 8.07. The molecule has 0 saturated heterocycles. The summed E-state index contributed by atoms with van der Waals surface area (Å²) in [6.45, 7) is 1.65. The normalized spacial score (nSPS) is 15.9. The summed E-state index contributed by atoms with van der Waals surface area (Å²) in [4.78, 5) is 25.1. The molecule has 1 atom stereocenters. The molecule has 8 nitrogen and oxygen atoms in total. The largest absolute Gasteiger partial charge is 0.493 e. The molecule has 1 aromatic heterocycles. The molecule has 4 rings (SSSR count). The van der Waals surface area contributed by atoms with Gasteiger partial charge in [-0.15, -0.1) is 0 Å². The standard InChI is InChI=1S/C24H26ClN5O3/c1-32-21-6-3-16(11-22(21)33-10-2-8-27-14-28-13-26)24-23-18(7-9-30(24)15-31)19-12-17(25)4-5-20(19)29-23/h3-6,11-15,24,29H,2,7-10H2,1H3,(H2,26,27,28). The first-order chi connectivity index (χ1) is 16.2. The Labute approximate surface area is 197 Å². The summed E-state index contributed by atoms with van der Waals surface area (Å²) in [6, 6.07) is 11.3. The summed E-state index contributed by atoms with van der Waals surface area (Å²) >= 11 is 6.25. The van der Waals surface area contributed by atoms with Crippen LogP contribution in [0.5, 0.6) is 11.5 Å². The Morgan fingerprint density at radius 1 is 1.27 bits per heavy atom. The smallest absolute Gasteiger partial charge is 0.210 e. The van der Waals surface area contributed by atoms with Crippen LogP contribution < -0.4 is 15.2 Å². The molecule has 1 aliphatic rings. The van der Waals surface area contributed by atoms with Crippen molar-refractivity contribution in [2.75, 3.05) is 26.8 Å². The van der Waals surface area contributed by atoms with Crippen molar-refractivity contribution < 1.29 is 14.3 Å². The summed E-state index contributed by atoms with van der Waals surface area (Å²) in [7, 11) is 1.61. The number of nitrogens with one attached hydrogen (secondary N) is 1. The molecular weight excluding hydrogens is 442 g/mol. The van der Waals surface area contributed by atoms with E-state index in [0.717, 1.165) is 35.0 Å². The zero-order valence-electron chi connectivity index (χ0n) is 18.3. The van der Waals surface area contributed by atoms with E-state index in [1.54, 1.807) is 12.0 Å². The molecule has 1 amide bonds. The average Bonchev–Trinajstić information content (AvgIpc) is 3.20. The molecule has 2 aromatic carbocycles. The van der Waals surface area contributed by atoms with E-state index >= 15 is 0 Å². The van der Waals surface area contributed by atoms with Crippen molar-refractivity contribution >= 4 is 41.6 Å². The number of hydrogen-bond donors (Lipinski definition) is 2. The Morgan fingerprint density at radius 3 is 2.94 bits per heavy atom. The predicted molar refractivity (Wildman–Crippen MR) is 131 cm³/mol. The Kier molecular flexibility index (Phi) is 7.14. The van der Waals surface area contributed by atoms with E-state index in [4.69, 9.17) is 26.8 Å². The van der Waals surface area contributed by atoms with Crippen molar-refractivity contribution in [3.63, 3.8) is 0 Å². The first-order valence-electron chi connectivity index (χ1n) is 10.7. The monoisotopic (exact) mass is 467 g/mol. The van der Waals surface area contributed by atoms with Crippen LogP contribution in [0.2, 0.25) is 5.02 Å². The third kappa shape index (κ3) is 4.80. The van der Waals surface area contributed by atoms with Gasteiger partial charge in [0.2, 0.25) is 6.41 Å². The van der Waals surface area contributed by atoms with E-state index in [1.807, 2.05) is 36.4 Å². The third-order valence-electron chi connectivity index (χ3n) is 5.69. The summed E-state index contributed by atoms with van der Waals surface area (Å²) in [5.41, 5.74) is 9.30. The maximum absolute atomic E-state index is 12.0. The topological polar surface area (TPSA) is 105 Å². The van der Waals surface area contributed by atoms with E-state index in [0.29, 0.717) is 42.6 Å². The molecule has 1 aliphatic heterocycles. The van der Waals surface area contributed by atoms with Crippen molar-refractivity contribution in [3.05, 3.63) is 58.2 Å². The van der Waals surface area contributed by atoms with Gasteiger partial charge in [-0.1, -0.05) is 17.7 Å².